The van der Waals surface area contributed by atoms with Gasteiger partial charge in [-0.15, -0.1) is 0 Å². The Bertz CT molecular complexity index is 1220. The molecule has 0 saturated heterocycles. The van der Waals surface area contributed by atoms with Gasteiger partial charge in [0.25, 0.3) is 0 Å². The Balaban J connectivity index is 1.42. The van der Waals surface area contributed by atoms with Gasteiger partial charge in [0.1, 0.15) is 12.4 Å². The van der Waals surface area contributed by atoms with Crippen LogP contribution in [0.5, 0.6) is 5.75 Å². The van der Waals surface area contributed by atoms with Gasteiger partial charge in [-0.05, 0) is 59.6 Å². The Morgan fingerprint density at radius 2 is 1.77 bits per heavy atom. The zero-order chi connectivity index (χ0) is 21.5. The Morgan fingerprint density at radius 1 is 0.968 bits per heavy atom. The minimum Gasteiger partial charge on any atom is -0.489 e. The maximum Gasteiger partial charge on any atom is 0.216 e. The summed E-state index contributed by atoms with van der Waals surface area (Å²) in [6.45, 7) is 0.466. The van der Waals surface area contributed by atoms with Crippen LogP contribution in [0.2, 0.25) is 5.02 Å². The summed E-state index contributed by atoms with van der Waals surface area (Å²) < 4.78 is 8.03. The van der Waals surface area contributed by atoms with Crippen LogP contribution in [0.15, 0.2) is 84.0 Å². The monoisotopic (exact) mass is 448 g/mol. The Morgan fingerprint density at radius 3 is 2.58 bits per heavy atom. The van der Waals surface area contributed by atoms with E-state index in [2.05, 4.69) is 27.4 Å². The number of hydrogen-bond donors (Lipinski definition) is 1. The molecule has 5 nitrogen and oxygen atoms in total. The second-order valence-electron chi connectivity index (χ2n) is 6.97. The highest BCUT2D eigenvalue weighted by molar-refractivity contribution is 7.71. The van der Waals surface area contributed by atoms with Crippen molar-refractivity contribution in [2.75, 3.05) is 0 Å². The summed E-state index contributed by atoms with van der Waals surface area (Å²) >= 11 is 11.3. The van der Waals surface area contributed by atoms with Crippen LogP contribution in [0.1, 0.15) is 22.5 Å². The maximum absolute atomic E-state index is 5.93. The second kappa shape index (κ2) is 10.2. The summed E-state index contributed by atoms with van der Waals surface area (Å²) in [7, 11) is 0. The van der Waals surface area contributed by atoms with Crippen molar-refractivity contribution in [2.24, 2.45) is 5.10 Å². The van der Waals surface area contributed by atoms with Gasteiger partial charge in [0.2, 0.25) is 4.77 Å². The molecule has 1 aromatic heterocycles. The number of nitrogens with one attached hydrogen (secondary N) is 1. The zero-order valence-electron chi connectivity index (χ0n) is 16.7. The third-order valence-electron chi connectivity index (χ3n) is 4.70. The molecule has 0 aliphatic carbocycles. The summed E-state index contributed by atoms with van der Waals surface area (Å²) in [4.78, 5) is 0. The average molecular weight is 449 g/mol. The zero-order valence-corrected chi connectivity index (χ0v) is 18.3. The highest BCUT2D eigenvalue weighted by atomic mass is 35.5. The minimum absolute atomic E-state index is 0.466. The molecule has 1 N–H and O–H groups in total. The molecular formula is C24H21ClN4OS. The molecule has 0 fully saturated rings. The fraction of sp³-hybridized carbons (Fsp3) is 0.125. The number of ether oxygens (including phenoxy) is 1. The molecule has 4 aromatic rings. The molecule has 0 saturated carbocycles. The SMILES string of the molecule is S=c1[nH]nc(CCc2ccccc2)n1/N=C\c1cccc(OCc2ccc(Cl)cc2)c1. The smallest absolute Gasteiger partial charge is 0.216 e. The fourth-order valence-corrected chi connectivity index (χ4v) is 3.39. The van der Waals surface area contributed by atoms with E-state index >= 15 is 0 Å². The van der Waals surface area contributed by atoms with E-state index in [1.165, 1.54) is 5.56 Å². The van der Waals surface area contributed by atoms with E-state index < -0.39 is 0 Å². The average Bonchev–Trinajstić information content (AvgIpc) is 3.16. The van der Waals surface area contributed by atoms with E-state index in [1.54, 1.807) is 10.9 Å². The molecule has 31 heavy (non-hydrogen) atoms. The first-order chi connectivity index (χ1) is 15.2. The highest BCUT2D eigenvalue weighted by Gasteiger charge is 2.06. The van der Waals surface area contributed by atoms with E-state index in [0.29, 0.717) is 16.4 Å². The maximum atomic E-state index is 5.93. The van der Waals surface area contributed by atoms with Crippen LogP contribution in [0.4, 0.5) is 0 Å². The van der Waals surface area contributed by atoms with Crippen molar-refractivity contribution >= 4 is 30.0 Å². The van der Waals surface area contributed by atoms with Crippen LogP contribution < -0.4 is 4.74 Å². The first-order valence-corrected chi connectivity index (χ1v) is 10.7. The van der Waals surface area contributed by atoms with Crippen molar-refractivity contribution in [2.45, 2.75) is 19.4 Å². The summed E-state index contributed by atoms with van der Waals surface area (Å²) in [6.07, 6.45) is 3.36. The molecule has 0 spiro atoms. The molecule has 0 unspecified atom stereocenters. The normalized spacial score (nSPS) is 11.1. The van der Waals surface area contributed by atoms with Crippen molar-refractivity contribution in [3.63, 3.8) is 0 Å². The number of nitrogens with zero attached hydrogens (tertiary/aromatic N) is 3. The molecule has 156 valence electrons. The van der Waals surface area contributed by atoms with Gasteiger partial charge in [0.05, 0.1) is 6.21 Å². The number of rotatable bonds is 8. The van der Waals surface area contributed by atoms with Crippen LogP contribution in [0, 0.1) is 4.77 Å². The van der Waals surface area contributed by atoms with Crippen molar-refractivity contribution < 1.29 is 4.74 Å². The van der Waals surface area contributed by atoms with Crippen molar-refractivity contribution in [1.82, 2.24) is 14.9 Å². The molecule has 1 heterocycles. The number of hydrogen-bond acceptors (Lipinski definition) is 4. The quantitative estimate of drug-likeness (QED) is 0.272. The predicted octanol–water partition coefficient (Wildman–Crippen LogP) is 5.84. The highest BCUT2D eigenvalue weighted by Crippen LogP contribution is 2.16. The van der Waals surface area contributed by atoms with E-state index in [4.69, 9.17) is 28.6 Å². The largest absolute Gasteiger partial charge is 0.489 e. The molecule has 3 aromatic carbocycles. The lowest BCUT2D eigenvalue weighted by Gasteiger charge is -2.07. The predicted molar refractivity (Wildman–Crippen MR) is 126 cm³/mol. The van der Waals surface area contributed by atoms with Crippen molar-refractivity contribution in [3.05, 3.63) is 111 Å². The summed E-state index contributed by atoms with van der Waals surface area (Å²) in [5.74, 6) is 1.55. The number of H-pyrrole nitrogens is 1. The first kappa shape index (κ1) is 21.0. The minimum atomic E-state index is 0.466. The Hall–Kier alpha value is -3.22. The fourth-order valence-electron chi connectivity index (χ4n) is 3.06. The number of halogens is 1. The first-order valence-electron chi connectivity index (χ1n) is 9.89. The lowest BCUT2D eigenvalue weighted by molar-refractivity contribution is 0.306. The van der Waals surface area contributed by atoms with Crippen LogP contribution in [0.25, 0.3) is 0 Å². The van der Waals surface area contributed by atoms with Crippen LogP contribution in [-0.4, -0.2) is 21.1 Å². The molecule has 0 aliphatic heterocycles. The Kier molecular flexibility index (Phi) is 6.92. The van der Waals surface area contributed by atoms with E-state index in [9.17, 15) is 0 Å². The van der Waals surface area contributed by atoms with Gasteiger partial charge in [-0.3, -0.25) is 5.10 Å². The van der Waals surface area contributed by atoms with Gasteiger partial charge in [-0.25, -0.2) is 0 Å². The van der Waals surface area contributed by atoms with Gasteiger partial charge in [-0.1, -0.05) is 66.2 Å². The summed E-state index contributed by atoms with van der Waals surface area (Å²) in [6, 6.07) is 25.6. The number of aryl methyl sites for hydroxylation is 2. The van der Waals surface area contributed by atoms with Crippen molar-refractivity contribution in [1.29, 1.82) is 0 Å². The molecule has 7 heteroatoms. The van der Waals surface area contributed by atoms with Gasteiger partial charge in [0.15, 0.2) is 5.82 Å². The number of aromatic amines is 1. The van der Waals surface area contributed by atoms with Gasteiger partial charge in [0, 0.05) is 11.4 Å². The van der Waals surface area contributed by atoms with Gasteiger partial charge < -0.3 is 4.74 Å². The molecule has 0 atom stereocenters. The number of aromatic nitrogens is 3. The molecule has 4 rings (SSSR count). The third-order valence-corrected chi connectivity index (χ3v) is 5.21. The topological polar surface area (TPSA) is 55.2 Å². The summed E-state index contributed by atoms with van der Waals surface area (Å²) in [5, 5.41) is 12.4. The molecule has 0 radical (unpaired) electrons. The van der Waals surface area contributed by atoms with E-state index in [1.807, 2.05) is 66.7 Å². The van der Waals surface area contributed by atoms with E-state index in [-0.39, 0.29) is 0 Å². The van der Waals surface area contributed by atoms with Crippen molar-refractivity contribution in [3.8, 4) is 5.75 Å². The second-order valence-corrected chi connectivity index (χ2v) is 7.80. The summed E-state index contributed by atoms with van der Waals surface area (Å²) in [5.41, 5.74) is 3.21. The van der Waals surface area contributed by atoms with Crippen LogP contribution in [0.3, 0.4) is 0 Å². The molecular weight excluding hydrogens is 428 g/mol. The molecule has 0 aliphatic rings. The van der Waals surface area contributed by atoms with Crippen LogP contribution in [-0.2, 0) is 19.4 Å². The van der Waals surface area contributed by atoms with Gasteiger partial charge >= 0.3 is 0 Å². The third kappa shape index (κ3) is 5.90. The van der Waals surface area contributed by atoms with E-state index in [0.717, 1.165) is 35.5 Å². The van der Waals surface area contributed by atoms with Crippen LogP contribution >= 0.6 is 23.8 Å². The lowest BCUT2D eigenvalue weighted by atomic mass is 10.1. The Labute approximate surface area is 191 Å². The standard InChI is InChI=1S/C24H21ClN4OS/c25-21-12-9-19(10-13-21)17-30-22-8-4-7-20(15-22)16-26-29-23(27-28-24(29)31)14-11-18-5-2-1-3-6-18/h1-10,12-13,15-16H,11,14,17H2,(H,28,31)/b26-16-. The molecule has 0 bridgehead atoms. The van der Waals surface area contributed by atoms with Gasteiger partial charge in [-0.2, -0.15) is 14.9 Å². The lowest BCUT2D eigenvalue weighted by Crippen LogP contribution is -2.01. The molecule has 0 amide bonds. The number of benzene rings is 3.